The zero-order chi connectivity index (χ0) is 15.8. The fraction of sp³-hybridized carbons (Fsp3) is 0.100. The molecular weight excluding hydrogens is 325 g/mol. The van der Waals surface area contributed by atoms with Crippen LogP contribution in [0.25, 0.3) is 27.5 Å². The summed E-state index contributed by atoms with van der Waals surface area (Å²) in [5.41, 5.74) is 5.77. The van der Waals surface area contributed by atoms with Crippen molar-refractivity contribution >= 4 is 45.0 Å². The molecule has 1 nitrogen and oxygen atoms in total. The van der Waals surface area contributed by atoms with Gasteiger partial charge in [0.25, 0.3) is 0 Å². The van der Waals surface area contributed by atoms with Gasteiger partial charge in [0.15, 0.2) is 0 Å². The summed E-state index contributed by atoms with van der Waals surface area (Å²) >= 11 is 12.1. The van der Waals surface area contributed by atoms with Gasteiger partial charge in [0.05, 0.1) is 11.0 Å². The molecule has 0 aliphatic rings. The molecule has 0 aliphatic heterocycles. The predicted octanol–water partition coefficient (Wildman–Crippen LogP) is 6.26. The Balaban J connectivity index is 2.15. The Hall–Kier alpha value is -1.96. The van der Waals surface area contributed by atoms with E-state index in [9.17, 15) is 0 Å². The van der Waals surface area contributed by atoms with Crippen LogP contribution in [0, 0.1) is 0 Å². The zero-order valence-corrected chi connectivity index (χ0v) is 14.0. The van der Waals surface area contributed by atoms with E-state index >= 15 is 0 Å². The minimum atomic E-state index is 0.513. The van der Waals surface area contributed by atoms with Crippen LogP contribution in [0.5, 0.6) is 0 Å². The van der Waals surface area contributed by atoms with Crippen molar-refractivity contribution in [1.82, 2.24) is 4.57 Å². The van der Waals surface area contributed by atoms with Gasteiger partial charge in [-0.25, -0.2) is 0 Å². The Labute approximate surface area is 145 Å². The Morgan fingerprint density at radius 3 is 2.09 bits per heavy atom. The van der Waals surface area contributed by atoms with Gasteiger partial charge in [0.1, 0.15) is 0 Å². The summed E-state index contributed by atoms with van der Waals surface area (Å²) in [6.45, 7) is 0. The topological polar surface area (TPSA) is 4.93 Å². The van der Waals surface area contributed by atoms with E-state index < -0.39 is 0 Å². The first-order valence-corrected chi connectivity index (χ1v) is 8.62. The number of hydrogen-bond donors (Lipinski definition) is 0. The molecule has 0 saturated carbocycles. The second kappa shape index (κ2) is 5.92. The van der Waals surface area contributed by atoms with Crippen molar-refractivity contribution in [2.45, 2.75) is 11.8 Å². The third kappa shape index (κ3) is 2.41. The standard InChI is InChI=1S/C20H15Cl2N/c21-12-14-7-9-19-18(10-14)17-8-6-15(13-22)11-20(17)23(19)16-4-2-1-3-5-16/h1-11H,12-13H2. The third-order valence-corrected chi connectivity index (χ3v) is 4.84. The first-order valence-electron chi connectivity index (χ1n) is 7.55. The lowest BCUT2D eigenvalue weighted by Crippen LogP contribution is -1.93. The van der Waals surface area contributed by atoms with Crippen molar-refractivity contribution in [1.29, 1.82) is 0 Å². The number of fused-ring (bicyclic) bond motifs is 3. The molecule has 0 amide bonds. The normalized spacial score (nSPS) is 11.4. The van der Waals surface area contributed by atoms with E-state index in [0.29, 0.717) is 11.8 Å². The van der Waals surface area contributed by atoms with E-state index in [1.54, 1.807) is 0 Å². The lowest BCUT2D eigenvalue weighted by atomic mass is 10.1. The van der Waals surface area contributed by atoms with Crippen LogP contribution in [0.2, 0.25) is 0 Å². The first-order chi connectivity index (χ1) is 11.3. The van der Waals surface area contributed by atoms with Crippen LogP contribution >= 0.6 is 23.2 Å². The summed E-state index contributed by atoms with van der Waals surface area (Å²) in [5, 5.41) is 2.45. The highest BCUT2D eigenvalue weighted by Gasteiger charge is 2.13. The average Bonchev–Trinajstić information content (AvgIpc) is 2.95. The molecule has 0 aliphatic carbocycles. The number of para-hydroxylation sites is 1. The molecule has 0 N–H and O–H groups in total. The Bertz CT molecular complexity index is 987. The fourth-order valence-corrected chi connectivity index (χ4v) is 3.47. The van der Waals surface area contributed by atoms with Crippen molar-refractivity contribution in [2.75, 3.05) is 0 Å². The van der Waals surface area contributed by atoms with Gasteiger partial charge < -0.3 is 4.57 Å². The monoisotopic (exact) mass is 339 g/mol. The van der Waals surface area contributed by atoms with Gasteiger partial charge in [-0.3, -0.25) is 0 Å². The van der Waals surface area contributed by atoms with Gasteiger partial charge in [-0.2, -0.15) is 0 Å². The van der Waals surface area contributed by atoms with Crippen LogP contribution in [0.15, 0.2) is 66.7 Å². The highest BCUT2D eigenvalue weighted by molar-refractivity contribution is 6.18. The van der Waals surface area contributed by atoms with Crippen molar-refractivity contribution in [2.24, 2.45) is 0 Å². The molecule has 23 heavy (non-hydrogen) atoms. The highest BCUT2D eigenvalue weighted by atomic mass is 35.5. The summed E-state index contributed by atoms with van der Waals surface area (Å²) in [4.78, 5) is 0. The van der Waals surface area contributed by atoms with Crippen LogP contribution in [0.1, 0.15) is 11.1 Å². The molecule has 1 heterocycles. The summed E-state index contributed by atoms with van der Waals surface area (Å²) in [5.74, 6) is 1.03. The minimum Gasteiger partial charge on any atom is -0.309 e. The molecule has 3 heteroatoms. The minimum absolute atomic E-state index is 0.513. The molecule has 0 spiro atoms. The molecule has 0 unspecified atom stereocenters. The van der Waals surface area contributed by atoms with Crippen LogP contribution < -0.4 is 0 Å². The van der Waals surface area contributed by atoms with Crippen molar-refractivity contribution in [3.8, 4) is 5.69 Å². The van der Waals surface area contributed by atoms with Gasteiger partial charge in [-0.15, -0.1) is 23.2 Å². The summed E-state index contributed by atoms with van der Waals surface area (Å²) in [6.07, 6.45) is 0. The molecule has 3 aromatic carbocycles. The maximum absolute atomic E-state index is 6.05. The van der Waals surface area contributed by atoms with Crippen LogP contribution in [0.3, 0.4) is 0 Å². The van der Waals surface area contributed by atoms with Gasteiger partial charge >= 0.3 is 0 Å². The Kier molecular flexibility index (Phi) is 3.76. The number of benzene rings is 3. The molecule has 1 aromatic heterocycles. The number of nitrogens with zero attached hydrogens (tertiary/aromatic N) is 1. The quantitative estimate of drug-likeness (QED) is 0.388. The van der Waals surface area contributed by atoms with Gasteiger partial charge in [-0.05, 0) is 41.5 Å². The summed E-state index contributed by atoms with van der Waals surface area (Å²) in [6, 6.07) is 23.3. The zero-order valence-electron chi connectivity index (χ0n) is 12.5. The van der Waals surface area contributed by atoms with Gasteiger partial charge in [0, 0.05) is 28.2 Å². The molecule has 0 saturated heterocycles. The summed E-state index contributed by atoms with van der Waals surface area (Å²) < 4.78 is 2.29. The maximum Gasteiger partial charge on any atom is 0.0544 e. The van der Waals surface area contributed by atoms with E-state index in [4.69, 9.17) is 23.2 Å². The molecule has 4 rings (SSSR count). The fourth-order valence-electron chi connectivity index (χ4n) is 3.14. The number of hydrogen-bond acceptors (Lipinski definition) is 0. The molecule has 0 atom stereocenters. The van der Waals surface area contributed by atoms with E-state index in [0.717, 1.165) is 16.8 Å². The number of halogens is 2. The summed E-state index contributed by atoms with van der Waals surface area (Å²) in [7, 11) is 0. The molecule has 114 valence electrons. The second-order valence-electron chi connectivity index (χ2n) is 5.64. The van der Waals surface area contributed by atoms with Gasteiger partial charge in [-0.1, -0.05) is 36.4 Å². The van der Waals surface area contributed by atoms with Crippen molar-refractivity contribution < 1.29 is 0 Å². The molecule has 0 fully saturated rings. The third-order valence-electron chi connectivity index (χ3n) is 4.22. The molecule has 0 bridgehead atoms. The predicted molar refractivity (Wildman–Crippen MR) is 99.9 cm³/mol. The Morgan fingerprint density at radius 2 is 1.35 bits per heavy atom. The first kappa shape index (κ1) is 14.6. The SMILES string of the molecule is ClCc1ccc2c(c1)c1ccc(CCl)cc1n2-c1ccccc1. The maximum atomic E-state index is 6.05. The second-order valence-corrected chi connectivity index (χ2v) is 6.18. The van der Waals surface area contributed by atoms with E-state index in [1.165, 1.54) is 21.8 Å². The van der Waals surface area contributed by atoms with Crippen LogP contribution in [-0.4, -0.2) is 4.57 Å². The molecular formula is C20H15Cl2N. The number of aromatic nitrogens is 1. The van der Waals surface area contributed by atoms with Crippen molar-refractivity contribution in [3.05, 3.63) is 77.9 Å². The molecule has 0 radical (unpaired) electrons. The lowest BCUT2D eigenvalue weighted by molar-refractivity contribution is 1.17. The number of alkyl halides is 2. The van der Waals surface area contributed by atoms with Crippen LogP contribution in [0.4, 0.5) is 0 Å². The van der Waals surface area contributed by atoms with E-state index in [-0.39, 0.29) is 0 Å². The van der Waals surface area contributed by atoms with Gasteiger partial charge in [0.2, 0.25) is 0 Å². The largest absolute Gasteiger partial charge is 0.309 e. The Morgan fingerprint density at radius 1 is 0.652 bits per heavy atom. The van der Waals surface area contributed by atoms with E-state index in [2.05, 4.69) is 65.2 Å². The van der Waals surface area contributed by atoms with Crippen molar-refractivity contribution in [3.63, 3.8) is 0 Å². The smallest absolute Gasteiger partial charge is 0.0544 e. The lowest BCUT2D eigenvalue weighted by Gasteiger charge is -2.08. The molecule has 4 aromatic rings. The number of rotatable bonds is 3. The van der Waals surface area contributed by atoms with Crippen LogP contribution in [-0.2, 0) is 11.8 Å². The highest BCUT2D eigenvalue weighted by Crippen LogP contribution is 2.33. The van der Waals surface area contributed by atoms with E-state index in [1.807, 2.05) is 6.07 Å². The average molecular weight is 340 g/mol.